The van der Waals surface area contributed by atoms with Crippen molar-refractivity contribution in [2.45, 2.75) is 32.8 Å². The van der Waals surface area contributed by atoms with E-state index in [1.165, 1.54) is 6.92 Å². The van der Waals surface area contributed by atoms with E-state index in [9.17, 15) is 4.79 Å². The van der Waals surface area contributed by atoms with Crippen LogP contribution in [0.2, 0.25) is 0 Å². The minimum Gasteiger partial charge on any atom is -0.386 e. The van der Waals surface area contributed by atoms with Gasteiger partial charge in [-0.15, -0.1) is 11.8 Å². The third-order valence-electron chi connectivity index (χ3n) is 1.14. The molecule has 2 heteroatoms. The second kappa shape index (κ2) is 5.01. The first-order chi connectivity index (χ1) is 4.68. The van der Waals surface area contributed by atoms with Crippen molar-refractivity contribution in [2.24, 2.45) is 0 Å². The SMILES string of the molecule is CC#CCCC(=O)C(C)O. The Morgan fingerprint density at radius 2 is 2.30 bits per heavy atom. The predicted octanol–water partition coefficient (Wildman–Crippen LogP) is 0.740. The summed E-state index contributed by atoms with van der Waals surface area (Å²) in [6, 6.07) is 0. The first-order valence-electron chi connectivity index (χ1n) is 3.29. The van der Waals surface area contributed by atoms with Gasteiger partial charge in [0.1, 0.15) is 6.10 Å². The number of carbonyl (C=O) groups excluding carboxylic acids is 1. The maximum Gasteiger partial charge on any atom is 0.161 e. The Morgan fingerprint density at radius 3 is 2.70 bits per heavy atom. The molecule has 0 aliphatic rings. The van der Waals surface area contributed by atoms with Gasteiger partial charge in [-0.3, -0.25) is 4.79 Å². The zero-order valence-electron chi connectivity index (χ0n) is 6.35. The van der Waals surface area contributed by atoms with Crippen molar-refractivity contribution >= 4 is 5.78 Å². The van der Waals surface area contributed by atoms with E-state index in [2.05, 4.69) is 11.8 Å². The fraction of sp³-hybridized carbons (Fsp3) is 0.625. The molecular weight excluding hydrogens is 128 g/mol. The zero-order chi connectivity index (χ0) is 7.98. The molecule has 0 aromatic carbocycles. The highest BCUT2D eigenvalue weighted by Crippen LogP contribution is 1.93. The molecule has 0 aliphatic heterocycles. The molecule has 10 heavy (non-hydrogen) atoms. The van der Waals surface area contributed by atoms with E-state index in [1.54, 1.807) is 6.92 Å². The second-order valence-corrected chi connectivity index (χ2v) is 2.07. The first-order valence-corrected chi connectivity index (χ1v) is 3.29. The maximum atomic E-state index is 10.7. The summed E-state index contributed by atoms with van der Waals surface area (Å²) in [7, 11) is 0. The van der Waals surface area contributed by atoms with Crippen LogP contribution in [0.15, 0.2) is 0 Å². The lowest BCUT2D eigenvalue weighted by Crippen LogP contribution is -2.14. The van der Waals surface area contributed by atoms with Crippen LogP contribution in [0.3, 0.4) is 0 Å². The van der Waals surface area contributed by atoms with E-state index in [0.717, 1.165) is 0 Å². The molecule has 0 bridgehead atoms. The molecule has 0 aliphatic carbocycles. The third kappa shape index (κ3) is 4.11. The van der Waals surface area contributed by atoms with Gasteiger partial charge >= 0.3 is 0 Å². The van der Waals surface area contributed by atoms with Crippen LogP contribution < -0.4 is 0 Å². The highest BCUT2D eigenvalue weighted by molar-refractivity contribution is 5.82. The van der Waals surface area contributed by atoms with Crippen LogP contribution in [0.1, 0.15) is 26.7 Å². The molecule has 0 fully saturated rings. The summed E-state index contributed by atoms with van der Waals surface area (Å²) in [4.78, 5) is 10.7. The van der Waals surface area contributed by atoms with Gasteiger partial charge in [-0.25, -0.2) is 0 Å². The average Bonchev–Trinajstić information content (AvgIpc) is 1.88. The second-order valence-electron chi connectivity index (χ2n) is 2.07. The smallest absolute Gasteiger partial charge is 0.161 e. The van der Waals surface area contributed by atoms with E-state index in [4.69, 9.17) is 5.11 Å². The number of Topliss-reactive ketones (excluding diaryl/α,β-unsaturated/α-hetero) is 1. The molecule has 56 valence electrons. The molecule has 0 spiro atoms. The van der Waals surface area contributed by atoms with E-state index < -0.39 is 6.10 Å². The summed E-state index contributed by atoms with van der Waals surface area (Å²) in [6.45, 7) is 3.20. The van der Waals surface area contributed by atoms with E-state index in [-0.39, 0.29) is 5.78 Å². The number of aliphatic hydroxyl groups excluding tert-OH is 1. The van der Waals surface area contributed by atoms with Gasteiger partial charge in [0.05, 0.1) is 0 Å². The summed E-state index contributed by atoms with van der Waals surface area (Å²) in [5, 5.41) is 8.72. The Labute approximate surface area is 61.2 Å². The number of aliphatic hydroxyl groups is 1. The fourth-order valence-corrected chi connectivity index (χ4v) is 0.520. The quantitative estimate of drug-likeness (QED) is 0.587. The van der Waals surface area contributed by atoms with Gasteiger partial charge in [0.2, 0.25) is 0 Å². The van der Waals surface area contributed by atoms with Crippen molar-refractivity contribution in [2.75, 3.05) is 0 Å². The number of ketones is 1. The number of hydrogen-bond donors (Lipinski definition) is 1. The average molecular weight is 140 g/mol. The molecule has 0 aromatic rings. The topological polar surface area (TPSA) is 37.3 Å². The van der Waals surface area contributed by atoms with Crippen LogP contribution in [0, 0.1) is 11.8 Å². The molecule has 0 aromatic heterocycles. The van der Waals surface area contributed by atoms with Crippen LogP contribution in [0.4, 0.5) is 0 Å². The molecule has 0 saturated carbocycles. The standard InChI is InChI=1S/C8H12O2/c1-3-4-5-6-8(10)7(2)9/h7,9H,5-6H2,1-2H3. The van der Waals surface area contributed by atoms with Crippen molar-refractivity contribution in [1.29, 1.82) is 0 Å². The lowest BCUT2D eigenvalue weighted by Gasteiger charge is -1.98. The van der Waals surface area contributed by atoms with Crippen molar-refractivity contribution in [3.63, 3.8) is 0 Å². The van der Waals surface area contributed by atoms with Crippen LogP contribution in [-0.2, 0) is 4.79 Å². The maximum absolute atomic E-state index is 10.7. The summed E-state index contributed by atoms with van der Waals surface area (Å²) >= 11 is 0. The molecule has 0 saturated heterocycles. The van der Waals surface area contributed by atoms with Crippen molar-refractivity contribution < 1.29 is 9.90 Å². The Hall–Kier alpha value is -0.810. The van der Waals surface area contributed by atoms with Crippen molar-refractivity contribution in [3.8, 4) is 11.8 Å². The van der Waals surface area contributed by atoms with Gasteiger partial charge < -0.3 is 5.11 Å². The molecule has 1 atom stereocenters. The van der Waals surface area contributed by atoms with Crippen LogP contribution in [0.25, 0.3) is 0 Å². The van der Waals surface area contributed by atoms with E-state index in [0.29, 0.717) is 12.8 Å². The summed E-state index contributed by atoms with van der Waals surface area (Å²) < 4.78 is 0. The zero-order valence-corrected chi connectivity index (χ0v) is 6.35. The van der Waals surface area contributed by atoms with Crippen LogP contribution in [0.5, 0.6) is 0 Å². The Bertz CT molecular complexity index is 160. The fourth-order valence-electron chi connectivity index (χ4n) is 0.520. The van der Waals surface area contributed by atoms with E-state index in [1.807, 2.05) is 0 Å². The number of hydrogen-bond acceptors (Lipinski definition) is 2. The van der Waals surface area contributed by atoms with E-state index >= 15 is 0 Å². The molecule has 1 unspecified atom stereocenters. The van der Waals surface area contributed by atoms with Crippen molar-refractivity contribution in [1.82, 2.24) is 0 Å². The van der Waals surface area contributed by atoms with Gasteiger partial charge in [0.15, 0.2) is 5.78 Å². The number of carbonyl (C=O) groups is 1. The lowest BCUT2D eigenvalue weighted by atomic mass is 10.1. The van der Waals surface area contributed by atoms with Crippen LogP contribution >= 0.6 is 0 Å². The summed E-state index contributed by atoms with van der Waals surface area (Å²) in [6.07, 6.45) is 0.0808. The monoisotopic (exact) mass is 140 g/mol. The van der Waals surface area contributed by atoms with Gasteiger partial charge in [0, 0.05) is 12.8 Å². The lowest BCUT2D eigenvalue weighted by molar-refractivity contribution is -0.126. The minimum atomic E-state index is -0.835. The third-order valence-corrected chi connectivity index (χ3v) is 1.14. The molecule has 0 rings (SSSR count). The first kappa shape index (κ1) is 9.19. The van der Waals surface area contributed by atoms with Crippen molar-refractivity contribution in [3.05, 3.63) is 0 Å². The Balaban J connectivity index is 3.47. The van der Waals surface area contributed by atoms with Gasteiger partial charge in [-0.1, -0.05) is 0 Å². The molecule has 0 radical (unpaired) electrons. The minimum absolute atomic E-state index is 0.136. The molecule has 2 nitrogen and oxygen atoms in total. The molecule has 0 heterocycles. The summed E-state index contributed by atoms with van der Waals surface area (Å²) in [5.74, 6) is 5.29. The largest absolute Gasteiger partial charge is 0.386 e. The Morgan fingerprint density at radius 1 is 1.70 bits per heavy atom. The van der Waals surface area contributed by atoms with Gasteiger partial charge in [0.25, 0.3) is 0 Å². The number of rotatable bonds is 3. The Kier molecular flexibility index (Phi) is 4.61. The van der Waals surface area contributed by atoms with Gasteiger partial charge in [-0.05, 0) is 13.8 Å². The normalized spacial score (nSPS) is 11.5. The molecule has 1 N–H and O–H groups in total. The predicted molar refractivity (Wildman–Crippen MR) is 39.4 cm³/mol. The summed E-state index contributed by atoms with van der Waals surface area (Å²) in [5.41, 5.74) is 0. The van der Waals surface area contributed by atoms with Crippen LogP contribution in [-0.4, -0.2) is 17.0 Å². The molecular formula is C8H12O2. The van der Waals surface area contributed by atoms with Gasteiger partial charge in [-0.2, -0.15) is 0 Å². The highest BCUT2D eigenvalue weighted by Gasteiger charge is 2.06. The highest BCUT2D eigenvalue weighted by atomic mass is 16.3. The molecule has 0 amide bonds.